The molecule has 2 aromatic heterocycles. The lowest BCUT2D eigenvalue weighted by Crippen LogP contribution is -2.48. The summed E-state index contributed by atoms with van der Waals surface area (Å²) in [7, 11) is 2.15. The number of para-hydroxylation sites is 1. The van der Waals surface area contributed by atoms with Crippen molar-refractivity contribution in [1.29, 1.82) is 0 Å². The minimum absolute atomic E-state index is 0.00388. The Kier molecular flexibility index (Phi) is 5.63. The van der Waals surface area contributed by atoms with Crippen LogP contribution in [0, 0.1) is 5.41 Å². The molecule has 0 unspecified atom stereocenters. The molecule has 0 saturated carbocycles. The summed E-state index contributed by atoms with van der Waals surface area (Å²) in [6.07, 6.45) is 4.22. The third kappa shape index (κ3) is 3.86. The molecule has 5 nitrogen and oxygen atoms in total. The van der Waals surface area contributed by atoms with Crippen LogP contribution in [-0.2, 0) is 10.8 Å². The monoisotopic (exact) mass is 556 g/mol. The number of pyridine rings is 1. The topological polar surface area (TPSA) is 33.5 Å². The van der Waals surface area contributed by atoms with E-state index in [1.54, 1.807) is 0 Å². The largest absolute Gasteiger partial charge is 0.457 e. The maximum absolute atomic E-state index is 6.62. The van der Waals surface area contributed by atoms with Gasteiger partial charge in [0.25, 0.3) is 0 Å². The van der Waals surface area contributed by atoms with E-state index in [1.807, 2.05) is 6.20 Å². The van der Waals surface area contributed by atoms with Gasteiger partial charge in [0.15, 0.2) is 0 Å². The van der Waals surface area contributed by atoms with Crippen molar-refractivity contribution in [2.24, 2.45) is 5.41 Å². The highest BCUT2D eigenvalue weighted by molar-refractivity contribution is 6.09. The quantitative estimate of drug-likeness (QED) is 0.222. The number of hydrogen-bond acceptors (Lipinski definition) is 4. The van der Waals surface area contributed by atoms with Crippen molar-refractivity contribution in [3.8, 4) is 17.3 Å². The molecule has 0 N–H and O–H groups in total. The molecular formula is C37H40N4O. The molecule has 7 rings (SSSR count). The second-order valence-electron chi connectivity index (χ2n) is 14.1. The summed E-state index contributed by atoms with van der Waals surface area (Å²) in [6, 6.07) is 25.9. The Hall–Kier alpha value is -4.25. The molecule has 3 aromatic carbocycles. The Morgan fingerprint density at radius 3 is 2.29 bits per heavy atom. The van der Waals surface area contributed by atoms with Crippen molar-refractivity contribution < 1.29 is 4.74 Å². The summed E-state index contributed by atoms with van der Waals surface area (Å²) < 4.78 is 8.88. The molecule has 0 aliphatic carbocycles. The molecule has 0 radical (unpaired) electrons. The van der Waals surface area contributed by atoms with Gasteiger partial charge in [-0.15, -0.1) is 0 Å². The van der Waals surface area contributed by atoms with Gasteiger partial charge in [0.1, 0.15) is 17.3 Å². The highest BCUT2D eigenvalue weighted by atomic mass is 16.5. The minimum Gasteiger partial charge on any atom is -0.457 e. The Bertz CT molecular complexity index is 1900. The molecule has 0 fully saturated rings. The van der Waals surface area contributed by atoms with E-state index in [2.05, 4.69) is 149 Å². The number of benzene rings is 3. The van der Waals surface area contributed by atoms with Crippen LogP contribution in [0.5, 0.6) is 11.5 Å². The predicted molar refractivity (Wildman–Crippen MR) is 174 cm³/mol. The van der Waals surface area contributed by atoms with E-state index in [4.69, 9.17) is 9.72 Å². The van der Waals surface area contributed by atoms with E-state index in [-0.39, 0.29) is 16.2 Å². The number of allylic oxidation sites excluding steroid dienone is 1. The second-order valence-corrected chi connectivity index (χ2v) is 14.1. The number of ether oxygens (including phenoxy) is 1. The Labute approximate surface area is 249 Å². The summed E-state index contributed by atoms with van der Waals surface area (Å²) in [6.45, 7) is 17.0. The Morgan fingerprint density at radius 2 is 1.50 bits per heavy atom. The summed E-state index contributed by atoms with van der Waals surface area (Å²) in [5.41, 5.74) is 7.42. The molecule has 0 amide bonds. The summed E-state index contributed by atoms with van der Waals surface area (Å²) >= 11 is 0. The molecule has 5 heteroatoms. The zero-order valence-corrected chi connectivity index (χ0v) is 26.0. The average molecular weight is 557 g/mol. The summed E-state index contributed by atoms with van der Waals surface area (Å²) in [5.74, 6) is 2.57. The van der Waals surface area contributed by atoms with Gasteiger partial charge in [-0.3, -0.25) is 4.57 Å². The van der Waals surface area contributed by atoms with Gasteiger partial charge < -0.3 is 14.5 Å². The van der Waals surface area contributed by atoms with Gasteiger partial charge in [0.05, 0.1) is 17.7 Å². The van der Waals surface area contributed by atoms with Crippen LogP contribution in [0.3, 0.4) is 0 Å². The van der Waals surface area contributed by atoms with Gasteiger partial charge >= 0.3 is 0 Å². The van der Waals surface area contributed by atoms with Crippen molar-refractivity contribution in [3.63, 3.8) is 0 Å². The van der Waals surface area contributed by atoms with Crippen LogP contribution in [0.15, 0.2) is 90.9 Å². The fourth-order valence-corrected chi connectivity index (χ4v) is 6.71. The van der Waals surface area contributed by atoms with Crippen LogP contribution in [0.4, 0.5) is 5.69 Å². The Balaban J connectivity index is 1.33. The molecule has 5 aromatic rings. The molecule has 42 heavy (non-hydrogen) atoms. The van der Waals surface area contributed by atoms with E-state index in [9.17, 15) is 0 Å². The fraction of sp³-hybridized carbons (Fsp3) is 0.324. The molecule has 2 aliphatic rings. The van der Waals surface area contributed by atoms with Gasteiger partial charge in [-0.2, -0.15) is 0 Å². The zero-order chi connectivity index (χ0) is 29.6. The lowest BCUT2D eigenvalue weighted by molar-refractivity contribution is 0.235. The van der Waals surface area contributed by atoms with Crippen molar-refractivity contribution >= 4 is 27.5 Å². The van der Waals surface area contributed by atoms with Gasteiger partial charge in [-0.05, 0) is 52.9 Å². The lowest BCUT2D eigenvalue weighted by atomic mass is 9.60. The van der Waals surface area contributed by atoms with Crippen LogP contribution in [0.25, 0.3) is 27.6 Å². The van der Waals surface area contributed by atoms with Crippen molar-refractivity contribution in [2.75, 3.05) is 18.6 Å². The molecule has 2 aliphatic heterocycles. The Morgan fingerprint density at radius 1 is 0.786 bits per heavy atom. The molecule has 0 bridgehead atoms. The first kappa shape index (κ1) is 26.6. The predicted octanol–water partition coefficient (Wildman–Crippen LogP) is 9.14. The normalized spacial score (nSPS) is 17.4. The highest BCUT2D eigenvalue weighted by Crippen LogP contribution is 2.57. The number of fused-ring (bicyclic) bond motifs is 6. The first-order valence-corrected chi connectivity index (χ1v) is 14.9. The van der Waals surface area contributed by atoms with E-state index < -0.39 is 0 Å². The van der Waals surface area contributed by atoms with E-state index in [0.717, 1.165) is 35.0 Å². The molecule has 0 spiro atoms. The van der Waals surface area contributed by atoms with Gasteiger partial charge in [0, 0.05) is 64.6 Å². The van der Waals surface area contributed by atoms with Crippen LogP contribution in [0.1, 0.15) is 59.6 Å². The smallest absolute Gasteiger partial charge is 0.137 e. The third-order valence-electron chi connectivity index (χ3n) is 9.86. The highest BCUT2D eigenvalue weighted by Gasteiger charge is 2.50. The van der Waals surface area contributed by atoms with Crippen LogP contribution in [-0.4, -0.2) is 28.2 Å². The van der Waals surface area contributed by atoms with Crippen molar-refractivity contribution in [3.05, 3.63) is 102 Å². The SMILES string of the molecule is CN1C=C2N(C1)c1cc(Oc3ccc4c5ccccc5n(-c5cc(C(C)(C)C)ccn5)c4c3)ccc1C(C)(C)C2(C)C. The van der Waals surface area contributed by atoms with Crippen LogP contribution >= 0.6 is 0 Å². The van der Waals surface area contributed by atoms with Crippen molar-refractivity contribution in [1.82, 2.24) is 14.5 Å². The average Bonchev–Trinajstić information content (AvgIpc) is 3.50. The number of nitrogens with zero attached hydrogens (tertiary/aromatic N) is 4. The first-order chi connectivity index (χ1) is 19.9. The van der Waals surface area contributed by atoms with E-state index in [0.29, 0.717) is 0 Å². The zero-order valence-electron chi connectivity index (χ0n) is 26.0. The minimum atomic E-state index is -0.0250. The molecular weight excluding hydrogens is 516 g/mol. The van der Waals surface area contributed by atoms with Crippen molar-refractivity contribution in [2.45, 2.75) is 59.3 Å². The molecule has 4 heterocycles. The van der Waals surface area contributed by atoms with Gasteiger partial charge in [-0.1, -0.05) is 72.7 Å². The maximum atomic E-state index is 6.62. The second kappa shape index (κ2) is 8.87. The number of anilines is 1. The number of aromatic nitrogens is 2. The van der Waals surface area contributed by atoms with Gasteiger partial charge in [0.2, 0.25) is 0 Å². The third-order valence-corrected chi connectivity index (χ3v) is 9.86. The fourth-order valence-electron chi connectivity index (χ4n) is 6.71. The number of rotatable bonds is 3. The first-order valence-electron chi connectivity index (χ1n) is 14.9. The van der Waals surface area contributed by atoms with Crippen LogP contribution < -0.4 is 9.64 Å². The number of hydrogen-bond donors (Lipinski definition) is 0. The summed E-state index contributed by atoms with van der Waals surface area (Å²) in [4.78, 5) is 9.54. The van der Waals surface area contributed by atoms with Crippen LogP contribution in [0.2, 0.25) is 0 Å². The molecule has 0 saturated heterocycles. The van der Waals surface area contributed by atoms with E-state index >= 15 is 0 Å². The van der Waals surface area contributed by atoms with E-state index in [1.165, 1.54) is 33.3 Å². The molecule has 0 atom stereocenters. The molecule has 214 valence electrons. The maximum Gasteiger partial charge on any atom is 0.137 e. The lowest BCUT2D eigenvalue weighted by Gasteiger charge is -2.51. The standard InChI is InChI=1S/C37H40N4O/c1-35(2,3)24-17-18-38-34(19-24)41-30-12-10-9-11-27(30)28-15-13-25(20-31(28)41)42-26-14-16-29-32(21-26)40-23-39(8)22-33(40)37(6,7)36(29,4)5/h9-22H,23H2,1-8H3. The van der Waals surface area contributed by atoms with Gasteiger partial charge in [-0.25, -0.2) is 4.98 Å². The summed E-state index contributed by atoms with van der Waals surface area (Å²) in [5, 5.41) is 2.39.